The Morgan fingerprint density at radius 3 is 2.46 bits per heavy atom. The molecule has 0 aliphatic rings. The van der Waals surface area contributed by atoms with Crippen molar-refractivity contribution in [3.05, 3.63) is 98.7 Å². The second kappa shape index (κ2) is 10.1. The van der Waals surface area contributed by atoms with Crippen LogP contribution in [0.15, 0.2) is 77.2 Å². The average molecular weight is 560 g/mol. The van der Waals surface area contributed by atoms with Gasteiger partial charge in [-0.2, -0.15) is 0 Å². The monoisotopic (exact) mass is 558 g/mol. The van der Waals surface area contributed by atoms with Gasteiger partial charge in [0.1, 0.15) is 16.5 Å². The van der Waals surface area contributed by atoms with Gasteiger partial charge in [0, 0.05) is 27.2 Å². The third-order valence-electron chi connectivity index (χ3n) is 5.01. The van der Waals surface area contributed by atoms with Crippen LogP contribution in [0.4, 0.5) is 5.69 Å². The van der Waals surface area contributed by atoms with Gasteiger partial charge in [-0.3, -0.25) is 4.79 Å². The van der Waals surface area contributed by atoms with Crippen LogP contribution in [-0.4, -0.2) is 10.9 Å². The number of nitrogens with one attached hydrogen (secondary N) is 1. The molecule has 0 spiro atoms. The average Bonchev–Trinajstić information content (AvgIpc) is 3.46. The van der Waals surface area contributed by atoms with Gasteiger partial charge in [0.25, 0.3) is 0 Å². The molecule has 5 aromatic rings. The number of rotatable bonds is 5. The van der Waals surface area contributed by atoms with E-state index in [9.17, 15) is 4.79 Å². The number of carbonyl (C=O) groups excluding carboxylic acids is 1. The van der Waals surface area contributed by atoms with Gasteiger partial charge in [-0.1, -0.05) is 58.5 Å². The van der Waals surface area contributed by atoms with Crippen LogP contribution in [0.1, 0.15) is 5.76 Å². The summed E-state index contributed by atoms with van der Waals surface area (Å²) in [5, 5.41) is 5.31. The Hall–Kier alpha value is -2.80. The van der Waals surface area contributed by atoms with Crippen molar-refractivity contribution in [1.82, 2.24) is 4.98 Å². The quantitative estimate of drug-likeness (QED) is 0.218. The van der Waals surface area contributed by atoms with E-state index in [4.69, 9.17) is 50.8 Å². The molecule has 3 aromatic carbocycles. The molecule has 2 heterocycles. The highest BCUT2D eigenvalue weighted by atomic mass is 35.5. The van der Waals surface area contributed by atoms with Crippen LogP contribution < -0.4 is 5.32 Å². The fourth-order valence-corrected chi connectivity index (χ4v) is 5.52. The first-order valence-electron chi connectivity index (χ1n) is 10.3. The minimum absolute atomic E-state index is 0.319. The maximum atomic E-state index is 12.6. The second-order valence-corrected chi connectivity index (χ2v) is 10.2. The number of furan rings is 1. The molecular formula is C26H14Cl4N2O2S. The van der Waals surface area contributed by atoms with Gasteiger partial charge in [0.15, 0.2) is 0 Å². The molecule has 174 valence electrons. The van der Waals surface area contributed by atoms with E-state index in [0.29, 0.717) is 42.9 Å². The molecule has 1 amide bonds. The summed E-state index contributed by atoms with van der Waals surface area (Å²) in [6, 6.07) is 19.8. The van der Waals surface area contributed by atoms with E-state index in [-0.39, 0.29) is 5.91 Å². The summed E-state index contributed by atoms with van der Waals surface area (Å²) < 4.78 is 6.83. The SMILES string of the molecule is O=C(/C=C/c1ccc(-c2cc(Cl)cc(Cl)c2)o1)Nc1cc(-c2nc3ccccc3s2)c(Cl)cc1Cl. The van der Waals surface area contributed by atoms with Crippen LogP contribution in [0.3, 0.4) is 0 Å². The molecule has 0 radical (unpaired) electrons. The van der Waals surface area contributed by atoms with E-state index in [1.807, 2.05) is 24.3 Å². The molecule has 0 saturated heterocycles. The van der Waals surface area contributed by atoms with E-state index in [1.165, 1.54) is 17.4 Å². The van der Waals surface area contributed by atoms with Crippen molar-refractivity contribution in [3.8, 4) is 21.9 Å². The summed E-state index contributed by atoms with van der Waals surface area (Å²) in [6.45, 7) is 0. The molecule has 4 nitrogen and oxygen atoms in total. The van der Waals surface area contributed by atoms with Crippen LogP contribution >= 0.6 is 57.7 Å². The Kier molecular flexibility index (Phi) is 6.87. The van der Waals surface area contributed by atoms with E-state index in [1.54, 1.807) is 48.5 Å². The Morgan fingerprint density at radius 2 is 1.69 bits per heavy atom. The zero-order valence-electron chi connectivity index (χ0n) is 17.7. The topological polar surface area (TPSA) is 55.1 Å². The lowest BCUT2D eigenvalue weighted by molar-refractivity contribution is -0.111. The van der Waals surface area contributed by atoms with Gasteiger partial charge in [-0.05, 0) is 60.7 Å². The van der Waals surface area contributed by atoms with Crippen molar-refractivity contribution in [3.63, 3.8) is 0 Å². The number of halogens is 4. The first-order chi connectivity index (χ1) is 16.9. The van der Waals surface area contributed by atoms with Crippen molar-refractivity contribution in [2.75, 3.05) is 5.32 Å². The fourth-order valence-electron chi connectivity index (χ4n) is 3.42. The van der Waals surface area contributed by atoms with Gasteiger partial charge in [-0.15, -0.1) is 11.3 Å². The molecule has 0 saturated carbocycles. The van der Waals surface area contributed by atoms with Gasteiger partial charge < -0.3 is 9.73 Å². The summed E-state index contributed by atoms with van der Waals surface area (Å²) in [5.74, 6) is 0.688. The number of anilines is 1. The Balaban J connectivity index is 1.34. The molecule has 0 fully saturated rings. The lowest BCUT2D eigenvalue weighted by atomic mass is 10.2. The van der Waals surface area contributed by atoms with Crippen LogP contribution in [0.5, 0.6) is 0 Å². The molecular weight excluding hydrogens is 546 g/mol. The molecule has 2 aromatic heterocycles. The number of thiazole rings is 1. The highest BCUT2D eigenvalue weighted by Crippen LogP contribution is 2.39. The van der Waals surface area contributed by atoms with E-state index in [2.05, 4.69) is 10.3 Å². The van der Waals surface area contributed by atoms with Crippen molar-refractivity contribution >= 4 is 85.6 Å². The van der Waals surface area contributed by atoms with Crippen molar-refractivity contribution in [2.24, 2.45) is 0 Å². The number of hydrogen-bond donors (Lipinski definition) is 1. The summed E-state index contributed by atoms with van der Waals surface area (Å²) in [7, 11) is 0. The normalized spacial score (nSPS) is 11.4. The first-order valence-corrected chi connectivity index (χ1v) is 12.6. The molecule has 9 heteroatoms. The second-order valence-electron chi connectivity index (χ2n) is 7.48. The predicted molar refractivity (Wildman–Crippen MR) is 147 cm³/mol. The van der Waals surface area contributed by atoms with Crippen molar-refractivity contribution < 1.29 is 9.21 Å². The van der Waals surface area contributed by atoms with Gasteiger partial charge in [0.05, 0.1) is 25.9 Å². The minimum Gasteiger partial charge on any atom is -0.457 e. The number of carbonyl (C=O) groups is 1. The maximum absolute atomic E-state index is 12.6. The number of fused-ring (bicyclic) bond motifs is 1. The predicted octanol–water partition coefficient (Wildman–Crippen LogP) is 9.49. The molecule has 5 rings (SSSR count). The lowest BCUT2D eigenvalue weighted by Crippen LogP contribution is -2.08. The van der Waals surface area contributed by atoms with E-state index in [0.717, 1.165) is 20.8 Å². The molecule has 0 bridgehead atoms. The number of nitrogens with zero attached hydrogens (tertiary/aromatic N) is 1. The van der Waals surface area contributed by atoms with Crippen molar-refractivity contribution in [1.29, 1.82) is 0 Å². The third-order valence-corrected chi connectivity index (χ3v) is 7.14. The highest BCUT2D eigenvalue weighted by molar-refractivity contribution is 7.21. The summed E-state index contributed by atoms with van der Waals surface area (Å²) in [5.41, 5.74) is 2.73. The number of benzene rings is 3. The Morgan fingerprint density at radius 1 is 0.914 bits per heavy atom. The zero-order valence-corrected chi connectivity index (χ0v) is 21.5. The maximum Gasteiger partial charge on any atom is 0.248 e. The summed E-state index contributed by atoms with van der Waals surface area (Å²) in [6.07, 6.45) is 2.92. The van der Waals surface area contributed by atoms with E-state index < -0.39 is 0 Å². The Labute approximate surface area is 224 Å². The molecule has 35 heavy (non-hydrogen) atoms. The van der Waals surface area contributed by atoms with Gasteiger partial charge in [-0.25, -0.2) is 4.98 Å². The number of amides is 1. The van der Waals surface area contributed by atoms with E-state index >= 15 is 0 Å². The van der Waals surface area contributed by atoms with Crippen LogP contribution in [-0.2, 0) is 4.79 Å². The van der Waals surface area contributed by atoms with Crippen molar-refractivity contribution in [2.45, 2.75) is 0 Å². The molecule has 1 N–H and O–H groups in total. The molecule has 0 aliphatic carbocycles. The lowest BCUT2D eigenvalue weighted by Gasteiger charge is -2.09. The minimum atomic E-state index is -0.381. The molecule has 0 unspecified atom stereocenters. The fraction of sp³-hybridized carbons (Fsp3) is 0. The highest BCUT2D eigenvalue weighted by Gasteiger charge is 2.14. The number of para-hydroxylation sites is 1. The zero-order chi connectivity index (χ0) is 24.5. The first kappa shape index (κ1) is 23.9. The number of hydrogen-bond acceptors (Lipinski definition) is 4. The van der Waals surface area contributed by atoms with Crippen LogP contribution in [0.25, 0.3) is 38.2 Å². The third kappa shape index (κ3) is 5.40. The van der Waals surface area contributed by atoms with Gasteiger partial charge >= 0.3 is 0 Å². The van der Waals surface area contributed by atoms with Crippen LogP contribution in [0, 0.1) is 0 Å². The Bertz CT molecular complexity index is 1550. The summed E-state index contributed by atoms with van der Waals surface area (Å²) >= 11 is 26.4. The molecule has 0 aliphatic heterocycles. The van der Waals surface area contributed by atoms with Crippen LogP contribution in [0.2, 0.25) is 20.1 Å². The number of aromatic nitrogens is 1. The summed E-state index contributed by atoms with van der Waals surface area (Å²) in [4.78, 5) is 17.2. The van der Waals surface area contributed by atoms with Gasteiger partial charge in [0.2, 0.25) is 5.91 Å². The molecule has 0 atom stereocenters. The largest absolute Gasteiger partial charge is 0.457 e. The smallest absolute Gasteiger partial charge is 0.248 e. The standard InChI is InChI=1S/C26H14Cl4N2O2S/c27-15-9-14(10-16(28)11-15)23-7-5-17(34-23)6-8-25(33)31-22-12-18(19(29)13-20(22)30)26-32-21-3-1-2-4-24(21)35-26/h1-13H,(H,31,33)/b8-6+.